The van der Waals surface area contributed by atoms with Gasteiger partial charge in [-0.05, 0) is 23.1 Å². The van der Waals surface area contributed by atoms with Gasteiger partial charge in [0.15, 0.2) is 6.61 Å². The second-order valence-electron chi connectivity index (χ2n) is 6.28. The van der Waals surface area contributed by atoms with Crippen molar-refractivity contribution in [2.24, 2.45) is 0 Å². The number of hydrogen-bond donors (Lipinski definition) is 1. The van der Waals surface area contributed by atoms with Crippen LogP contribution in [0.3, 0.4) is 0 Å². The maximum absolute atomic E-state index is 13.1. The number of ether oxygens (including phenoxy) is 2. The summed E-state index contributed by atoms with van der Waals surface area (Å²) in [7, 11) is 0. The number of carbonyl (C=O) groups is 3. The summed E-state index contributed by atoms with van der Waals surface area (Å²) in [4.78, 5) is 32.6. The van der Waals surface area contributed by atoms with Crippen LogP contribution >= 0.6 is 0 Å². The first-order valence-electron chi connectivity index (χ1n) is 7.17. The van der Waals surface area contributed by atoms with Gasteiger partial charge in [0.2, 0.25) is 0 Å². The van der Waals surface area contributed by atoms with Crippen molar-refractivity contribution >= 4 is 17.9 Å². The molecule has 0 bridgehead atoms. The van der Waals surface area contributed by atoms with Crippen LogP contribution in [0, 0.1) is 0 Å². The molecule has 10 heteroatoms. The van der Waals surface area contributed by atoms with Crippen molar-refractivity contribution in [3.05, 3.63) is 29.8 Å². The second-order valence-corrected chi connectivity index (χ2v) is 6.28. The molecule has 144 valence electrons. The van der Waals surface area contributed by atoms with Crippen molar-refractivity contribution < 1.29 is 46.5 Å². The van der Waals surface area contributed by atoms with E-state index in [1.807, 2.05) is 20.8 Å². The zero-order valence-corrected chi connectivity index (χ0v) is 14.0. The van der Waals surface area contributed by atoms with Gasteiger partial charge in [-0.3, -0.25) is 0 Å². The number of carbonyl (C=O) groups excluding carboxylic acids is 2. The number of benzene rings is 1. The molecule has 0 amide bonds. The van der Waals surface area contributed by atoms with Crippen molar-refractivity contribution in [2.45, 2.75) is 38.0 Å². The van der Waals surface area contributed by atoms with Gasteiger partial charge >= 0.3 is 29.8 Å². The van der Waals surface area contributed by atoms with Crippen LogP contribution in [0.5, 0.6) is 5.75 Å². The summed E-state index contributed by atoms with van der Waals surface area (Å²) in [5.41, 5.74) is 0.748. The lowest BCUT2D eigenvalue weighted by Gasteiger charge is -2.20. The highest BCUT2D eigenvalue weighted by Crippen LogP contribution is 2.35. The molecule has 1 aromatic carbocycles. The molecule has 0 saturated heterocycles. The first kappa shape index (κ1) is 21.4. The average molecular weight is 380 g/mol. The van der Waals surface area contributed by atoms with Gasteiger partial charge < -0.3 is 14.6 Å². The lowest BCUT2D eigenvalue weighted by Crippen LogP contribution is -2.53. The smallest absolute Gasteiger partial charge is 0.415 e. The second kappa shape index (κ2) is 7.30. The molecule has 26 heavy (non-hydrogen) atoms. The monoisotopic (exact) mass is 380 g/mol. The number of carboxylic acids is 1. The van der Waals surface area contributed by atoms with Crippen molar-refractivity contribution in [1.29, 1.82) is 0 Å². The number of rotatable bonds is 6. The Hall–Kier alpha value is -2.65. The number of hydrogen-bond acceptors (Lipinski definition) is 5. The molecule has 0 aliphatic carbocycles. The quantitative estimate of drug-likeness (QED) is 0.464. The van der Waals surface area contributed by atoms with Gasteiger partial charge in [0.25, 0.3) is 0 Å². The highest BCUT2D eigenvalue weighted by Gasteiger charge is 2.68. The molecule has 6 nitrogen and oxygen atoms in total. The van der Waals surface area contributed by atoms with E-state index in [1.165, 1.54) is 12.1 Å². The van der Waals surface area contributed by atoms with Gasteiger partial charge in [-0.1, -0.05) is 32.9 Å². The highest BCUT2D eigenvalue weighted by atomic mass is 19.3. The number of carboxylic acid groups (broad SMARTS) is 1. The van der Waals surface area contributed by atoms with E-state index in [1.54, 1.807) is 12.1 Å². The topological polar surface area (TPSA) is 89.9 Å². The molecule has 0 atom stereocenters. The minimum atomic E-state index is -5.68. The minimum absolute atomic E-state index is 0.0154. The number of esters is 2. The summed E-state index contributed by atoms with van der Waals surface area (Å²) in [6.07, 6.45) is 0. The normalized spacial score (nSPS) is 12.4. The molecule has 0 unspecified atom stereocenters. The molecule has 0 heterocycles. The van der Waals surface area contributed by atoms with Crippen LogP contribution in [-0.4, -0.2) is 41.5 Å². The van der Waals surface area contributed by atoms with E-state index in [0.29, 0.717) is 0 Å². The zero-order chi connectivity index (χ0) is 20.3. The van der Waals surface area contributed by atoms with Gasteiger partial charge in [0.05, 0.1) is 0 Å². The van der Waals surface area contributed by atoms with Crippen LogP contribution < -0.4 is 4.74 Å². The maximum atomic E-state index is 13.1. The van der Waals surface area contributed by atoms with Crippen molar-refractivity contribution in [2.75, 3.05) is 6.61 Å². The summed E-state index contributed by atoms with van der Waals surface area (Å²) < 4.78 is 60.3. The van der Waals surface area contributed by atoms with Crippen LogP contribution in [0.15, 0.2) is 24.3 Å². The van der Waals surface area contributed by atoms with Gasteiger partial charge in [-0.2, -0.15) is 17.6 Å². The maximum Gasteiger partial charge on any atom is 0.415 e. The Bertz CT molecular complexity index is 692. The molecule has 0 radical (unpaired) electrons. The molecule has 1 N–H and O–H groups in total. The molecular formula is C16H16F4O6. The number of alkyl halides is 4. The van der Waals surface area contributed by atoms with E-state index in [4.69, 9.17) is 9.84 Å². The van der Waals surface area contributed by atoms with E-state index < -0.39 is 36.4 Å². The van der Waals surface area contributed by atoms with E-state index in [0.717, 1.165) is 5.56 Å². The Morgan fingerprint density at radius 3 is 1.88 bits per heavy atom. The zero-order valence-electron chi connectivity index (χ0n) is 14.0. The fraction of sp³-hybridized carbons (Fsp3) is 0.438. The SMILES string of the molecule is CC(C)(C)c1ccc(OC(=O)COC(=O)C(F)(F)C(F)(F)C(=O)O)cc1. The molecule has 0 fully saturated rings. The van der Waals surface area contributed by atoms with Crippen molar-refractivity contribution in [3.8, 4) is 5.75 Å². The fourth-order valence-corrected chi connectivity index (χ4v) is 1.66. The van der Waals surface area contributed by atoms with E-state index in [-0.39, 0.29) is 11.2 Å². The fourth-order valence-electron chi connectivity index (χ4n) is 1.66. The third kappa shape index (κ3) is 4.70. The summed E-state index contributed by atoms with van der Waals surface area (Å²) >= 11 is 0. The molecule has 1 aromatic rings. The Morgan fingerprint density at radius 2 is 1.46 bits per heavy atom. The Balaban J connectivity index is 2.67. The van der Waals surface area contributed by atoms with Crippen LogP contribution in [0.25, 0.3) is 0 Å². The Kier molecular flexibility index (Phi) is 6.01. The predicted molar refractivity (Wildman–Crippen MR) is 79.3 cm³/mol. The molecule has 0 aromatic heterocycles. The molecule has 0 aliphatic heterocycles. The predicted octanol–water partition coefficient (Wildman–Crippen LogP) is 2.79. The van der Waals surface area contributed by atoms with E-state index in [2.05, 4.69) is 4.74 Å². The first-order valence-corrected chi connectivity index (χ1v) is 7.17. The molecule has 0 spiro atoms. The largest absolute Gasteiger partial charge is 0.477 e. The van der Waals surface area contributed by atoms with Crippen molar-refractivity contribution in [1.82, 2.24) is 0 Å². The van der Waals surface area contributed by atoms with Crippen molar-refractivity contribution in [3.63, 3.8) is 0 Å². The summed E-state index contributed by atoms with van der Waals surface area (Å²) in [5.74, 6) is -18.7. The van der Waals surface area contributed by atoms with E-state index in [9.17, 15) is 31.9 Å². The molecule has 0 aliphatic rings. The lowest BCUT2D eigenvalue weighted by molar-refractivity contribution is -0.234. The standard InChI is InChI=1S/C16H16F4O6/c1-14(2,3)9-4-6-10(7-5-9)26-11(21)8-25-13(24)16(19,20)15(17,18)12(22)23/h4-7H,8H2,1-3H3,(H,22,23). The third-order valence-corrected chi connectivity index (χ3v) is 3.19. The first-order chi connectivity index (χ1) is 11.7. The molecular weight excluding hydrogens is 364 g/mol. The number of halogens is 4. The highest BCUT2D eigenvalue weighted by molar-refractivity contribution is 5.90. The number of aliphatic carboxylic acids is 1. The van der Waals surface area contributed by atoms with E-state index >= 15 is 0 Å². The average Bonchev–Trinajstić information content (AvgIpc) is 2.51. The van der Waals surface area contributed by atoms with Gasteiger partial charge in [-0.25, -0.2) is 14.4 Å². The van der Waals surface area contributed by atoms with Gasteiger partial charge in [0.1, 0.15) is 5.75 Å². The Morgan fingerprint density at radius 1 is 0.962 bits per heavy atom. The van der Waals surface area contributed by atoms with Crippen LogP contribution in [0.2, 0.25) is 0 Å². The van der Waals surface area contributed by atoms with Crippen LogP contribution in [-0.2, 0) is 24.5 Å². The lowest BCUT2D eigenvalue weighted by atomic mass is 9.87. The summed E-state index contributed by atoms with van der Waals surface area (Å²) in [6, 6.07) is 6.12. The summed E-state index contributed by atoms with van der Waals surface area (Å²) in [5, 5.41) is 8.05. The van der Waals surface area contributed by atoms with Crippen LogP contribution in [0.4, 0.5) is 17.6 Å². The van der Waals surface area contributed by atoms with Crippen LogP contribution in [0.1, 0.15) is 26.3 Å². The minimum Gasteiger partial charge on any atom is -0.477 e. The molecule has 0 saturated carbocycles. The third-order valence-electron chi connectivity index (χ3n) is 3.19. The van der Waals surface area contributed by atoms with Gasteiger partial charge in [0, 0.05) is 0 Å². The van der Waals surface area contributed by atoms with Gasteiger partial charge in [-0.15, -0.1) is 0 Å². The summed E-state index contributed by atoms with van der Waals surface area (Å²) in [6.45, 7) is 4.44. The molecule has 1 rings (SSSR count). The Labute approximate surface area is 145 Å².